The van der Waals surface area contributed by atoms with E-state index in [0.717, 1.165) is 29.8 Å². The summed E-state index contributed by atoms with van der Waals surface area (Å²) in [6, 6.07) is 10.3. The molecule has 3 rings (SSSR count). The molecule has 0 radical (unpaired) electrons. The van der Waals surface area contributed by atoms with Crippen LogP contribution in [-0.2, 0) is 15.6 Å². The summed E-state index contributed by atoms with van der Waals surface area (Å²) in [4.78, 5) is 2.24. The Kier molecular flexibility index (Phi) is 6.12. The molecule has 24 heavy (non-hydrogen) atoms. The second-order valence-corrected chi connectivity index (χ2v) is 9.12. The van der Waals surface area contributed by atoms with Crippen molar-refractivity contribution in [3.63, 3.8) is 0 Å². The lowest BCUT2D eigenvalue weighted by molar-refractivity contribution is 0.295. The van der Waals surface area contributed by atoms with E-state index in [-0.39, 0.29) is 23.2 Å². The van der Waals surface area contributed by atoms with Crippen LogP contribution in [-0.4, -0.2) is 26.9 Å². The molecule has 0 unspecified atom stereocenters. The van der Waals surface area contributed by atoms with E-state index in [0.29, 0.717) is 10.0 Å². The van der Waals surface area contributed by atoms with Crippen LogP contribution in [0.5, 0.6) is 0 Å². The van der Waals surface area contributed by atoms with Gasteiger partial charge in [-0.15, -0.1) is 12.4 Å². The summed E-state index contributed by atoms with van der Waals surface area (Å²) in [7, 11) is 3.71. The van der Waals surface area contributed by atoms with Gasteiger partial charge in [-0.2, -0.15) is 0 Å². The maximum Gasteiger partial charge on any atom is 0.261 e. The first-order valence-corrected chi connectivity index (χ1v) is 10.0. The first-order chi connectivity index (χ1) is 10.8. The summed E-state index contributed by atoms with van der Waals surface area (Å²) in [6.45, 7) is 1.48. The molecule has 0 aliphatic carbocycles. The van der Waals surface area contributed by atoms with Crippen LogP contribution in [0.4, 0.5) is 0 Å². The van der Waals surface area contributed by atoms with Crippen LogP contribution in [0.3, 0.4) is 0 Å². The predicted molar refractivity (Wildman–Crippen MR) is 101 cm³/mol. The third kappa shape index (κ3) is 4.01. The van der Waals surface area contributed by atoms with Crippen molar-refractivity contribution in [1.82, 2.24) is 4.90 Å². The van der Waals surface area contributed by atoms with Crippen molar-refractivity contribution in [2.75, 3.05) is 13.6 Å². The first-order valence-electron chi connectivity index (χ1n) is 6.96. The van der Waals surface area contributed by atoms with Gasteiger partial charge in [-0.05, 0) is 48.0 Å². The van der Waals surface area contributed by atoms with Crippen molar-refractivity contribution >= 4 is 55.3 Å². The zero-order chi connectivity index (χ0) is 16.8. The van der Waals surface area contributed by atoms with Gasteiger partial charge in [0.15, 0.2) is 0 Å². The highest BCUT2D eigenvalue weighted by Gasteiger charge is 2.27. The van der Waals surface area contributed by atoms with E-state index in [1.54, 1.807) is 18.2 Å². The topological polar surface area (TPSA) is 37.4 Å². The van der Waals surface area contributed by atoms with Crippen LogP contribution in [0.1, 0.15) is 22.6 Å². The highest BCUT2D eigenvalue weighted by Crippen LogP contribution is 2.38. The van der Waals surface area contributed by atoms with Gasteiger partial charge < -0.3 is 4.90 Å². The van der Waals surface area contributed by atoms with E-state index in [1.165, 1.54) is 6.07 Å². The third-order valence-electron chi connectivity index (χ3n) is 4.03. The SMILES string of the molecule is CN1Cc2c(Cl)cc(Cl)cc2[C@H](c2cccc(S(=O)(=O)Cl)c2)C1.Cl. The molecule has 0 aromatic heterocycles. The van der Waals surface area contributed by atoms with E-state index >= 15 is 0 Å². The molecule has 130 valence electrons. The molecule has 3 nitrogen and oxygen atoms in total. The van der Waals surface area contributed by atoms with E-state index in [1.807, 2.05) is 19.2 Å². The number of hydrogen-bond acceptors (Lipinski definition) is 3. The lowest BCUT2D eigenvalue weighted by Crippen LogP contribution is -2.31. The minimum atomic E-state index is -3.76. The zero-order valence-corrected chi connectivity index (χ0v) is 16.6. The second kappa shape index (κ2) is 7.40. The van der Waals surface area contributed by atoms with Gasteiger partial charge in [0.25, 0.3) is 9.05 Å². The van der Waals surface area contributed by atoms with Crippen molar-refractivity contribution in [1.29, 1.82) is 0 Å². The van der Waals surface area contributed by atoms with Crippen LogP contribution in [0, 0.1) is 0 Å². The van der Waals surface area contributed by atoms with Crippen LogP contribution in [0.2, 0.25) is 10.0 Å². The van der Waals surface area contributed by atoms with Crippen molar-refractivity contribution in [3.05, 3.63) is 63.1 Å². The molecule has 1 heterocycles. The second-order valence-electron chi connectivity index (χ2n) is 5.72. The van der Waals surface area contributed by atoms with Gasteiger partial charge in [0.05, 0.1) is 4.90 Å². The molecule has 0 fully saturated rings. The Balaban J connectivity index is 0.00000208. The van der Waals surface area contributed by atoms with Crippen LogP contribution in [0.25, 0.3) is 0 Å². The molecular weight excluding hydrogens is 412 g/mol. The van der Waals surface area contributed by atoms with E-state index in [2.05, 4.69) is 4.90 Å². The summed E-state index contributed by atoms with van der Waals surface area (Å²) in [5.41, 5.74) is 2.93. The number of hydrogen-bond donors (Lipinski definition) is 0. The maximum atomic E-state index is 11.6. The number of halogens is 4. The Bertz CT molecular complexity index is 870. The van der Waals surface area contributed by atoms with E-state index in [4.69, 9.17) is 33.9 Å². The Labute approximate surface area is 162 Å². The standard InChI is InChI=1S/C16H14Cl3NO2S.ClH/c1-20-8-14(10-3-2-4-12(5-10)23(19,21)22)13-6-11(17)7-16(18)15(13)9-20;/h2-7,14H,8-9H2,1H3;1H/t14-;/m0./s1. The lowest BCUT2D eigenvalue weighted by Gasteiger charge is -2.33. The average molecular weight is 427 g/mol. The third-order valence-corrected chi connectivity index (χ3v) is 5.94. The largest absolute Gasteiger partial charge is 0.301 e. The summed E-state index contributed by atoms with van der Waals surface area (Å²) >= 11 is 12.5. The van der Waals surface area contributed by atoms with Crippen molar-refractivity contribution < 1.29 is 8.42 Å². The monoisotopic (exact) mass is 425 g/mol. The molecule has 0 bridgehead atoms. The van der Waals surface area contributed by atoms with Gasteiger partial charge in [0, 0.05) is 39.7 Å². The van der Waals surface area contributed by atoms with Crippen molar-refractivity contribution in [2.45, 2.75) is 17.4 Å². The highest BCUT2D eigenvalue weighted by atomic mass is 35.7. The Hall–Kier alpha value is -0.490. The molecule has 0 saturated carbocycles. The number of likely N-dealkylation sites (N-methyl/N-ethyl adjacent to an activating group) is 1. The maximum absolute atomic E-state index is 11.6. The fourth-order valence-electron chi connectivity index (χ4n) is 3.01. The van der Waals surface area contributed by atoms with Crippen molar-refractivity contribution in [2.24, 2.45) is 0 Å². The molecule has 1 aliphatic rings. The molecule has 8 heteroatoms. The highest BCUT2D eigenvalue weighted by molar-refractivity contribution is 8.13. The predicted octanol–water partition coefficient (Wildman–Crippen LogP) is 4.92. The summed E-state index contributed by atoms with van der Waals surface area (Å²) in [5.74, 6) is -0.0154. The Morgan fingerprint density at radius 3 is 2.54 bits per heavy atom. The molecule has 0 N–H and O–H groups in total. The molecule has 0 spiro atoms. The van der Waals surface area contributed by atoms with Gasteiger partial charge in [0.2, 0.25) is 0 Å². The van der Waals surface area contributed by atoms with Gasteiger partial charge in [-0.25, -0.2) is 8.42 Å². The summed E-state index contributed by atoms with van der Waals surface area (Å²) in [6.07, 6.45) is 0. The van der Waals surface area contributed by atoms with Gasteiger partial charge in [-0.3, -0.25) is 0 Å². The molecule has 0 amide bonds. The summed E-state index contributed by atoms with van der Waals surface area (Å²) in [5, 5.41) is 1.20. The van der Waals surface area contributed by atoms with Crippen LogP contribution >= 0.6 is 46.3 Å². The fraction of sp³-hybridized carbons (Fsp3) is 0.250. The summed E-state index contributed by atoms with van der Waals surface area (Å²) < 4.78 is 23.2. The Morgan fingerprint density at radius 1 is 1.17 bits per heavy atom. The minimum Gasteiger partial charge on any atom is -0.301 e. The lowest BCUT2D eigenvalue weighted by atomic mass is 9.85. The molecule has 2 aromatic rings. The number of rotatable bonds is 2. The number of nitrogens with zero attached hydrogens (tertiary/aromatic N) is 1. The van der Waals surface area contributed by atoms with Crippen LogP contribution < -0.4 is 0 Å². The molecule has 0 saturated heterocycles. The molecule has 1 aliphatic heterocycles. The minimum absolute atomic E-state index is 0. The quantitative estimate of drug-likeness (QED) is 0.639. The molecule has 1 atom stereocenters. The smallest absolute Gasteiger partial charge is 0.261 e. The van der Waals surface area contributed by atoms with E-state index < -0.39 is 9.05 Å². The van der Waals surface area contributed by atoms with Gasteiger partial charge in [0.1, 0.15) is 0 Å². The fourth-order valence-corrected chi connectivity index (χ4v) is 4.39. The average Bonchev–Trinajstić information content (AvgIpc) is 2.47. The van der Waals surface area contributed by atoms with Crippen molar-refractivity contribution in [3.8, 4) is 0 Å². The first kappa shape index (κ1) is 19.8. The normalized spacial score (nSPS) is 17.9. The molecular formula is C16H15Cl4NO2S. The van der Waals surface area contributed by atoms with Crippen LogP contribution in [0.15, 0.2) is 41.3 Å². The zero-order valence-electron chi connectivity index (χ0n) is 12.7. The van der Waals surface area contributed by atoms with E-state index in [9.17, 15) is 8.42 Å². The van der Waals surface area contributed by atoms with Gasteiger partial charge >= 0.3 is 0 Å². The molecule has 2 aromatic carbocycles. The Morgan fingerprint density at radius 2 is 1.88 bits per heavy atom. The van der Waals surface area contributed by atoms with Gasteiger partial charge in [-0.1, -0.05) is 35.3 Å². The number of benzene rings is 2. The number of fused-ring (bicyclic) bond motifs is 1.